The third-order valence-corrected chi connectivity index (χ3v) is 8.51. The quantitative estimate of drug-likeness (QED) is 0.160. The molecular weight excluding hydrogens is 534 g/mol. The molecule has 44 heavy (non-hydrogen) atoms. The van der Waals surface area contributed by atoms with E-state index in [9.17, 15) is 10.5 Å². The normalized spacial score (nSPS) is 11.1. The van der Waals surface area contributed by atoms with E-state index in [0.29, 0.717) is 11.1 Å². The SMILES string of the molecule is N#Cc1ccc(-c2c3ccccc3c(-c3ccc(C#N)cc3)c3cc(-c4nc5ccccc5c5ccccc45)ccc23)cc1. The fourth-order valence-corrected chi connectivity index (χ4v) is 6.49. The highest BCUT2D eigenvalue weighted by molar-refractivity contribution is 6.22. The lowest BCUT2D eigenvalue weighted by Crippen LogP contribution is -1.93. The molecule has 0 fully saturated rings. The van der Waals surface area contributed by atoms with E-state index < -0.39 is 0 Å². The molecule has 0 saturated heterocycles. The van der Waals surface area contributed by atoms with Crippen molar-refractivity contribution in [3.63, 3.8) is 0 Å². The Morgan fingerprint density at radius 2 is 0.841 bits per heavy atom. The zero-order valence-electron chi connectivity index (χ0n) is 23.6. The molecule has 0 N–H and O–H groups in total. The van der Waals surface area contributed by atoms with Gasteiger partial charge in [0.1, 0.15) is 0 Å². The average molecular weight is 558 g/mol. The zero-order valence-corrected chi connectivity index (χ0v) is 23.6. The Balaban J connectivity index is 1.50. The molecular formula is C41H23N3. The summed E-state index contributed by atoms with van der Waals surface area (Å²) >= 11 is 0. The van der Waals surface area contributed by atoms with E-state index in [0.717, 1.165) is 71.3 Å². The molecule has 8 rings (SSSR count). The number of benzene rings is 7. The third-order valence-electron chi connectivity index (χ3n) is 8.51. The lowest BCUT2D eigenvalue weighted by atomic mass is 9.84. The Morgan fingerprint density at radius 3 is 1.43 bits per heavy atom. The first-order valence-electron chi connectivity index (χ1n) is 14.5. The second-order valence-electron chi connectivity index (χ2n) is 11.0. The minimum absolute atomic E-state index is 0.629. The van der Waals surface area contributed by atoms with E-state index in [1.807, 2.05) is 54.6 Å². The van der Waals surface area contributed by atoms with E-state index in [4.69, 9.17) is 4.98 Å². The van der Waals surface area contributed by atoms with Crippen molar-refractivity contribution in [2.45, 2.75) is 0 Å². The van der Waals surface area contributed by atoms with Crippen LogP contribution in [0.4, 0.5) is 0 Å². The summed E-state index contributed by atoms with van der Waals surface area (Å²) in [6.07, 6.45) is 0. The number of para-hydroxylation sites is 1. The van der Waals surface area contributed by atoms with Crippen LogP contribution in [0.15, 0.2) is 140 Å². The van der Waals surface area contributed by atoms with Crippen molar-refractivity contribution in [3.05, 3.63) is 151 Å². The minimum atomic E-state index is 0.629. The number of fused-ring (bicyclic) bond motifs is 5. The van der Waals surface area contributed by atoms with Gasteiger partial charge >= 0.3 is 0 Å². The molecule has 0 aliphatic heterocycles. The lowest BCUT2D eigenvalue weighted by Gasteiger charge is -2.19. The first-order chi connectivity index (χ1) is 21.7. The van der Waals surface area contributed by atoms with Gasteiger partial charge in [-0.1, -0.05) is 103 Å². The van der Waals surface area contributed by atoms with Crippen LogP contribution in [0.2, 0.25) is 0 Å². The Labute approximate surface area is 254 Å². The van der Waals surface area contributed by atoms with Crippen LogP contribution in [0.3, 0.4) is 0 Å². The van der Waals surface area contributed by atoms with E-state index in [1.54, 1.807) is 0 Å². The van der Waals surface area contributed by atoms with Crippen molar-refractivity contribution in [1.29, 1.82) is 10.5 Å². The van der Waals surface area contributed by atoms with E-state index >= 15 is 0 Å². The number of pyridine rings is 1. The van der Waals surface area contributed by atoms with Crippen LogP contribution in [0.25, 0.3) is 76.7 Å². The number of hydrogen-bond donors (Lipinski definition) is 0. The smallest absolute Gasteiger partial charge is 0.0991 e. The van der Waals surface area contributed by atoms with Crippen molar-refractivity contribution in [2.24, 2.45) is 0 Å². The summed E-state index contributed by atoms with van der Waals surface area (Å²) in [4.78, 5) is 5.20. The van der Waals surface area contributed by atoms with Gasteiger partial charge in [0.2, 0.25) is 0 Å². The first-order valence-corrected chi connectivity index (χ1v) is 14.5. The van der Waals surface area contributed by atoms with Crippen molar-refractivity contribution in [3.8, 4) is 45.6 Å². The van der Waals surface area contributed by atoms with Gasteiger partial charge < -0.3 is 0 Å². The summed E-state index contributed by atoms with van der Waals surface area (Å²) in [7, 11) is 0. The standard InChI is InChI=1S/C41H23N3/c42-24-26-13-17-28(18-14-26)39-33-9-2-3-10-34(33)40(29-19-15-27(25-43)16-20-29)37-23-30(21-22-35(37)39)41-36-11-4-1-7-31(36)32-8-5-6-12-38(32)44-41/h1-23H. The molecule has 0 amide bonds. The fourth-order valence-electron chi connectivity index (χ4n) is 6.49. The highest BCUT2D eigenvalue weighted by atomic mass is 14.7. The Kier molecular flexibility index (Phi) is 5.90. The number of aromatic nitrogens is 1. The number of nitrogens with zero attached hydrogens (tertiary/aromatic N) is 3. The monoisotopic (exact) mass is 557 g/mol. The largest absolute Gasteiger partial charge is 0.247 e. The fraction of sp³-hybridized carbons (Fsp3) is 0. The van der Waals surface area contributed by atoms with Crippen LogP contribution in [0, 0.1) is 22.7 Å². The maximum atomic E-state index is 9.49. The van der Waals surface area contributed by atoms with Gasteiger partial charge in [0.15, 0.2) is 0 Å². The topological polar surface area (TPSA) is 60.5 Å². The van der Waals surface area contributed by atoms with Gasteiger partial charge in [0.25, 0.3) is 0 Å². The first kappa shape index (κ1) is 25.4. The summed E-state index contributed by atoms with van der Waals surface area (Å²) in [5, 5.41) is 26.8. The molecule has 3 nitrogen and oxygen atoms in total. The molecule has 0 aliphatic rings. The molecule has 3 heteroatoms. The Morgan fingerprint density at radius 1 is 0.386 bits per heavy atom. The second kappa shape index (κ2) is 10.2. The Bertz CT molecular complexity index is 2490. The van der Waals surface area contributed by atoms with Crippen LogP contribution in [-0.2, 0) is 0 Å². The zero-order chi connectivity index (χ0) is 29.6. The maximum absolute atomic E-state index is 9.49. The molecule has 202 valence electrons. The summed E-state index contributed by atoms with van der Waals surface area (Å²) < 4.78 is 0. The van der Waals surface area contributed by atoms with E-state index in [1.165, 1.54) is 5.39 Å². The van der Waals surface area contributed by atoms with Crippen molar-refractivity contribution in [2.75, 3.05) is 0 Å². The molecule has 0 radical (unpaired) electrons. The summed E-state index contributed by atoms with van der Waals surface area (Å²) in [6, 6.07) is 52.1. The van der Waals surface area contributed by atoms with Crippen LogP contribution in [0.1, 0.15) is 11.1 Å². The molecule has 0 atom stereocenters. The van der Waals surface area contributed by atoms with Gasteiger partial charge in [-0.15, -0.1) is 0 Å². The van der Waals surface area contributed by atoms with Gasteiger partial charge in [0.05, 0.1) is 34.5 Å². The van der Waals surface area contributed by atoms with E-state index in [2.05, 4.69) is 97.1 Å². The predicted octanol–water partition coefficient (Wildman–Crippen LogP) is 10.4. The van der Waals surface area contributed by atoms with Gasteiger partial charge in [0, 0.05) is 16.3 Å². The maximum Gasteiger partial charge on any atom is 0.0991 e. The lowest BCUT2D eigenvalue weighted by molar-refractivity contribution is 1.43. The van der Waals surface area contributed by atoms with Gasteiger partial charge in [-0.25, -0.2) is 4.98 Å². The highest BCUT2D eigenvalue weighted by Crippen LogP contribution is 2.45. The third kappa shape index (κ3) is 4.00. The highest BCUT2D eigenvalue weighted by Gasteiger charge is 2.19. The van der Waals surface area contributed by atoms with E-state index in [-0.39, 0.29) is 0 Å². The van der Waals surface area contributed by atoms with Gasteiger partial charge in [-0.05, 0) is 85.6 Å². The molecule has 0 saturated carbocycles. The van der Waals surface area contributed by atoms with Crippen molar-refractivity contribution in [1.82, 2.24) is 4.98 Å². The number of rotatable bonds is 3. The molecule has 8 aromatic rings. The summed E-state index contributed by atoms with van der Waals surface area (Å²) in [5.41, 5.74) is 8.55. The van der Waals surface area contributed by atoms with Gasteiger partial charge in [-0.2, -0.15) is 10.5 Å². The summed E-state index contributed by atoms with van der Waals surface area (Å²) in [6.45, 7) is 0. The van der Waals surface area contributed by atoms with Crippen molar-refractivity contribution < 1.29 is 0 Å². The molecule has 0 bridgehead atoms. The predicted molar refractivity (Wildman–Crippen MR) is 180 cm³/mol. The molecule has 1 heterocycles. The molecule has 0 spiro atoms. The minimum Gasteiger partial charge on any atom is -0.247 e. The molecule has 1 aromatic heterocycles. The summed E-state index contributed by atoms with van der Waals surface area (Å²) in [5.74, 6) is 0. The molecule has 0 unspecified atom stereocenters. The van der Waals surface area contributed by atoms with Crippen LogP contribution in [-0.4, -0.2) is 4.98 Å². The van der Waals surface area contributed by atoms with Crippen molar-refractivity contribution >= 4 is 43.2 Å². The molecule has 0 aliphatic carbocycles. The Hall–Kier alpha value is -6.29. The van der Waals surface area contributed by atoms with Crippen LogP contribution >= 0.6 is 0 Å². The van der Waals surface area contributed by atoms with Crippen LogP contribution < -0.4 is 0 Å². The number of hydrogen-bond acceptors (Lipinski definition) is 3. The van der Waals surface area contributed by atoms with Crippen LogP contribution in [0.5, 0.6) is 0 Å². The second-order valence-corrected chi connectivity index (χ2v) is 11.0. The average Bonchev–Trinajstić information content (AvgIpc) is 3.10. The van der Waals surface area contributed by atoms with Gasteiger partial charge in [-0.3, -0.25) is 0 Å². The molecule has 7 aromatic carbocycles. The number of nitriles is 2.